The zero-order valence-corrected chi connectivity index (χ0v) is 13.6. The van der Waals surface area contributed by atoms with E-state index in [4.69, 9.17) is 5.26 Å². The Bertz CT molecular complexity index is 866. The number of aryl methyl sites for hydroxylation is 1. The number of carbonyl (C=O) groups is 1. The molecule has 0 unspecified atom stereocenters. The number of hydrogen-bond donors (Lipinski definition) is 1. The molecule has 0 aliphatic heterocycles. The summed E-state index contributed by atoms with van der Waals surface area (Å²) in [4.78, 5) is 20.6. The molecule has 1 N–H and O–H groups in total. The van der Waals surface area contributed by atoms with Gasteiger partial charge in [0.05, 0.1) is 17.3 Å². The third kappa shape index (κ3) is 4.03. The number of pyridine rings is 1. The highest BCUT2D eigenvalue weighted by Crippen LogP contribution is 2.23. The van der Waals surface area contributed by atoms with Gasteiger partial charge in [-0.25, -0.2) is 4.98 Å². The van der Waals surface area contributed by atoms with Crippen molar-refractivity contribution in [3.05, 3.63) is 65.4 Å². The number of benzene rings is 1. The molecule has 0 fully saturated rings. The van der Waals surface area contributed by atoms with E-state index in [1.807, 2.05) is 23.6 Å². The van der Waals surface area contributed by atoms with Gasteiger partial charge in [-0.1, -0.05) is 0 Å². The van der Waals surface area contributed by atoms with Crippen LogP contribution in [0.4, 0.5) is 5.69 Å². The maximum Gasteiger partial charge on any atom is 0.224 e. The smallest absolute Gasteiger partial charge is 0.224 e. The second kappa shape index (κ2) is 7.49. The van der Waals surface area contributed by atoms with Crippen LogP contribution in [0, 0.1) is 11.3 Å². The molecule has 0 aliphatic carbocycles. The molecule has 0 radical (unpaired) electrons. The van der Waals surface area contributed by atoms with Gasteiger partial charge in [-0.05, 0) is 42.8 Å². The zero-order chi connectivity index (χ0) is 16.8. The average molecular weight is 334 g/mol. The molecule has 0 bridgehead atoms. The molecule has 6 heteroatoms. The molecule has 0 saturated carbocycles. The Kier molecular flexibility index (Phi) is 4.94. The fourth-order valence-electron chi connectivity index (χ4n) is 2.14. The molecular formula is C18H14N4OS. The molecule has 2 heterocycles. The van der Waals surface area contributed by atoms with Crippen LogP contribution in [0.2, 0.25) is 0 Å². The predicted octanol–water partition coefficient (Wildman–Crippen LogP) is 3.65. The molecule has 1 amide bonds. The van der Waals surface area contributed by atoms with E-state index in [0.717, 1.165) is 16.3 Å². The van der Waals surface area contributed by atoms with E-state index < -0.39 is 0 Å². The lowest BCUT2D eigenvalue weighted by atomic mass is 10.2. The van der Waals surface area contributed by atoms with E-state index >= 15 is 0 Å². The molecule has 118 valence electrons. The third-order valence-corrected chi connectivity index (χ3v) is 4.33. The number of amides is 1. The Balaban J connectivity index is 1.55. The molecule has 0 saturated heterocycles. The van der Waals surface area contributed by atoms with Crippen molar-refractivity contribution in [3.63, 3.8) is 0 Å². The van der Waals surface area contributed by atoms with Crippen molar-refractivity contribution in [1.29, 1.82) is 5.26 Å². The summed E-state index contributed by atoms with van der Waals surface area (Å²) >= 11 is 1.56. The largest absolute Gasteiger partial charge is 0.326 e. The van der Waals surface area contributed by atoms with E-state index in [1.54, 1.807) is 48.0 Å². The van der Waals surface area contributed by atoms with Gasteiger partial charge < -0.3 is 5.32 Å². The summed E-state index contributed by atoms with van der Waals surface area (Å²) in [6.07, 6.45) is 4.42. The van der Waals surface area contributed by atoms with Gasteiger partial charge in [-0.15, -0.1) is 11.3 Å². The van der Waals surface area contributed by atoms with Crippen LogP contribution in [0.5, 0.6) is 0 Å². The zero-order valence-electron chi connectivity index (χ0n) is 12.8. The van der Waals surface area contributed by atoms with Crippen molar-refractivity contribution >= 4 is 22.9 Å². The molecule has 0 aliphatic rings. The number of anilines is 1. The highest BCUT2D eigenvalue weighted by molar-refractivity contribution is 7.13. The first kappa shape index (κ1) is 15.8. The summed E-state index contributed by atoms with van der Waals surface area (Å²) in [5, 5.41) is 14.5. The number of nitriles is 1. The van der Waals surface area contributed by atoms with E-state index in [1.165, 1.54) is 0 Å². The van der Waals surface area contributed by atoms with Crippen LogP contribution in [-0.4, -0.2) is 15.9 Å². The summed E-state index contributed by atoms with van der Waals surface area (Å²) < 4.78 is 0. The number of hydrogen-bond acceptors (Lipinski definition) is 5. The highest BCUT2D eigenvalue weighted by atomic mass is 32.1. The molecule has 3 rings (SSSR count). The first-order chi connectivity index (χ1) is 11.7. The third-order valence-electron chi connectivity index (χ3n) is 3.38. The molecule has 24 heavy (non-hydrogen) atoms. The van der Waals surface area contributed by atoms with Crippen molar-refractivity contribution < 1.29 is 4.79 Å². The maximum absolute atomic E-state index is 12.0. The molecule has 1 aromatic carbocycles. The molecular weight excluding hydrogens is 320 g/mol. The van der Waals surface area contributed by atoms with Crippen molar-refractivity contribution in [2.24, 2.45) is 0 Å². The summed E-state index contributed by atoms with van der Waals surface area (Å²) in [6.45, 7) is 0. The van der Waals surface area contributed by atoms with Crippen LogP contribution in [-0.2, 0) is 11.2 Å². The van der Waals surface area contributed by atoms with Crippen molar-refractivity contribution in [2.75, 3.05) is 5.32 Å². The number of nitrogens with one attached hydrogen (secondary N) is 1. The first-order valence-corrected chi connectivity index (χ1v) is 8.27. The first-order valence-electron chi connectivity index (χ1n) is 7.39. The van der Waals surface area contributed by atoms with Crippen LogP contribution in [0.15, 0.2) is 54.2 Å². The molecule has 2 aromatic heterocycles. The Morgan fingerprint density at radius 3 is 2.62 bits per heavy atom. The monoisotopic (exact) mass is 334 g/mol. The van der Waals surface area contributed by atoms with Crippen molar-refractivity contribution in [3.8, 4) is 16.6 Å². The lowest BCUT2D eigenvalue weighted by Crippen LogP contribution is -2.12. The molecule has 5 nitrogen and oxygen atoms in total. The quantitative estimate of drug-likeness (QED) is 0.772. The average Bonchev–Trinajstić information content (AvgIpc) is 3.10. The lowest BCUT2D eigenvalue weighted by Gasteiger charge is -2.04. The van der Waals surface area contributed by atoms with Crippen LogP contribution in [0.25, 0.3) is 10.6 Å². The molecule has 0 spiro atoms. The number of aromatic nitrogens is 2. The second-order valence-electron chi connectivity index (χ2n) is 5.12. The van der Waals surface area contributed by atoms with Gasteiger partial charge in [0, 0.05) is 35.4 Å². The summed E-state index contributed by atoms with van der Waals surface area (Å²) in [5.74, 6) is -0.0711. The molecule has 0 atom stereocenters. The summed E-state index contributed by atoms with van der Waals surface area (Å²) in [7, 11) is 0. The highest BCUT2D eigenvalue weighted by Gasteiger charge is 2.08. The summed E-state index contributed by atoms with van der Waals surface area (Å²) in [5.41, 5.74) is 3.19. The number of nitrogens with zero attached hydrogens (tertiary/aromatic N) is 3. The lowest BCUT2D eigenvalue weighted by molar-refractivity contribution is -0.116. The number of carbonyl (C=O) groups excluding carboxylic acids is 1. The number of rotatable bonds is 5. The maximum atomic E-state index is 12.0. The van der Waals surface area contributed by atoms with Crippen LogP contribution in [0.3, 0.4) is 0 Å². The Morgan fingerprint density at radius 2 is 1.92 bits per heavy atom. The van der Waals surface area contributed by atoms with E-state index in [0.29, 0.717) is 24.1 Å². The van der Waals surface area contributed by atoms with Gasteiger partial charge >= 0.3 is 0 Å². The Hall–Kier alpha value is -3.04. The topological polar surface area (TPSA) is 78.7 Å². The minimum Gasteiger partial charge on any atom is -0.326 e. The van der Waals surface area contributed by atoms with Gasteiger partial charge in [-0.2, -0.15) is 5.26 Å². The van der Waals surface area contributed by atoms with Gasteiger partial charge in [0.2, 0.25) is 5.91 Å². The Morgan fingerprint density at radius 1 is 1.17 bits per heavy atom. The number of thiazole rings is 1. The van der Waals surface area contributed by atoms with Gasteiger partial charge in [0.15, 0.2) is 0 Å². The normalized spacial score (nSPS) is 10.1. The van der Waals surface area contributed by atoms with Crippen LogP contribution < -0.4 is 5.32 Å². The SMILES string of the molecule is N#Cc1ccc(NC(=O)CCc2csc(-c3ccncc3)n2)cc1. The fourth-order valence-corrected chi connectivity index (χ4v) is 3.00. The minimum atomic E-state index is -0.0711. The predicted molar refractivity (Wildman–Crippen MR) is 93.5 cm³/mol. The van der Waals surface area contributed by atoms with Crippen molar-refractivity contribution in [1.82, 2.24) is 9.97 Å². The van der Waals surface area contributed by atoms with Crippen LogP contribution in [0.1, 0.15) is 17.7 Å². The van der Waals surface area contributed by atoms with E-state index in [9.17, 15) is 4.79 Å². The van der Waals surface area contributed by atoms with Crippen LogP contribution >= 0.6 is 11.3 Å². The van der Waals surface area contributed by atoms with Crippen molar-refractivity contribution in [2.45, 2.75) is 12.8 Å². The fraction of sp³-hybridized carbons (Fsp3) is 0.111. The van der Waals surface area contributed by atoms with Gasteiger partial charge in [0.25, 0.3) is 0 Å². The molecule has 3 aromatic rings. The summed E-state index contributed by atoms with van der Waals surface area (Å²) in [6, 6.07) is 12.7. The second-order valence-corrected chi connectivity index (χ2v) is 5.98. The van der Waals surface area contributed by atoms with E-state index in [2.05, 4.69) is 15.3 Å². The standard InChI is InChI=1S/C18H14N4OS/c19-11-13-1-3-15(4-2-13)21-17(23)6-5-16-12-24-18(22-16)14-7-9-20-10-8-14/h1-4,7-10,12H,5-6H2,(H,21,23). The van der Waals surface area contributed by atoms with Gasteiger partial charge in [0.1, 0.15) is 5.01 Å². The van der Waals surface area contributed by atoms with Gasteiger partial charge in [-0.3, -0.25) is 9.78 Å². The minimum absolute atomic E-state index is 0.0711. The Labute approximate surface area is 143 Å². The van der Waals surface area contributed by atoms with E-state index in [-0.39, 0.29) is 5.91 Å².